The van der Waals surface area contributed by atoms with Crippen LogP contribution in [0.2, 0.25) is 0 Å². The summed E-state index contributed by atoms with van der Waals surface area (Å²) in [6.07, 6.45) is 0. The summed E-state index contributed by atoms with van der Waals surface area (Å²) in [5.41, 5.74) is 0.662. The Kier molecular flexibility index (Phi) is 3.01. The van der Waals surface area contributed by atoms with E-state index < -0.39 is 5.92 Å². The van der Waals surface area contributed by atoms with E-state index in [1.54, 1.807) is 32.0 Å². The molecule has 0 amide bonds. The first-order valence-electron chi connectivity index (χ1n) is 5.46. The van der Waals surface area contributed by atoms with Gasteiger partial charge in [-0.25, -0.2) is 0 Å². The smallest absolute Gasteiger partial charge is 0.231 e. The van der Waals surface area contributed by atoms with Crippen LogP contribution in [0.15, 0.2) is 18.2 Å². The van der Waals surface area contributed by atoms with E-state index in [-0.39, 0.29) is 18.5 Å². The molecule has 4 nitrogen and oxygen atoms in total. The van der Waals surface area contributed by atoms with Gasteiger partial charge in [0.05, 0.1) is 6.07 Å². The molecule has 0 fully saturated rings. The molecule has 17 heavy (non-hydrogen) atoms. The van der Waals surface area contributed by atoms with Crippen molar-refractivity contribution in [3.05, 3.63) is 23.8 Å². The zero-order chi connectivity index (χ0) is 12.4. The SMILES string of the molecule is CC(C)C(=O)C(C#N)c1ccc2c(c1)OCO2. The molecule has 1 aliphatic rings. The zero-order valence-electron chi connectivity index (χ0n) is 9.77. The lowest BCUT2D eigenvalue weighted by molar-refractivity contribution is -0.122. The van der Waals surface area contributed by atoms with Crippen molar-refractivity contribution in [2.75, 3.05) is 6.79 Å². The highest BCUT2D eigenvalue weighted by Gasteiger charge is 2.25. The third-order valence-electron chi connectivity index (χ3n) is 2.71. The van der Waals surface area contributed by atoms with Crippen molar-refractivity contribution in [3.8, 4) is 17.6 Å². The van der Waals surface area contributed by atoms with Crippen LogP contribution in [-0.2, 0) is 4.79 Å². The maximum Gasteiger partial charge on any atom is 0.231 e. The van der Waals surface area contributed by atoms with Gasteiger partial charge in [0.25, 0.3) is 0 Å². The van der Waals surface area contributed by atoms with E-state index in [2.05, 4.69) is 0 Å². The first-order valence-corrected chi connectivity index (χ1v) is 5.46. The largest absolute Gasteiger partial charge is 0.454 e. The normalized spacial score (nSPS) is 14.5. The van der Waals surface area contributed by atoms with Crippen molar-refractivity contribution >= 4 is 5.78 Å². The van der Waals surface area contributed by atoms with Gasteiger partial charge in [-0.15, -0.1) is 0 Å². The second kappa shape index (κ2) is 4.46. The van der Waals surface area contributed by atoms with E-state index in [4.69, 9.17) is 14.7 Å². The Balaban J connectivity index is 2.33. The fourth-order valence-corrected chi connectivity index (χ4v) is 1.73. The van der Waals surface area contributed by atoms with Crippen LogP contribution >= 0.6 is 0 Å². The lowest BCUT2D eigenvalue weighted by Gasteiger charge is -2.11. The second-order valence-corrected chi connectivity index (χ2v) is 4.23. The Morgan fingerprint density at radius 3 is 2.71 bits per heavy atom. The van der Waals surface area contributed by atoms with Crippen LogP contribution in [0.25, 0.3) is 0 Å². The zero-order valence-corrected chi connectivity index (χ0v) is 9.77. The second-order valence-electron chi connectivity index (χ2n) is 4.23. The maximum atomic E-state index is 11.9. The molecule has 1 aromatic carbocycles. The van der Waals surface area contributed by atoms with Crippen molar-refractivity contribution in [1.82, 2.24) is 0 Å². The van der Waals surface area contributed by atoms with E-state index in [1.165, 1.54) is 0 Å². The number of carbonyl (C=O) groups is 1. The summed E-state index contributed by atoms with van der Waals surface area (Å²) in [5, 5.41) is 9.10. The Morgan fingerprint density at radius 2 is 2.06 bits per heavy atom. The number of benzene rings is 1. The van der Waals surface area contributed by atoms with Crippen LogP contribution in [0.3, 0.4) is 0 Å². The molecule has 1 heterocycles. The molecule has 0 saturated heterocycles. The molecule has 1 aromatic rings. The molecule has 0 saturated carbocycles. The van der Waals surface area contributed by atoms with Crippen molar-refractivity contribution < 1.29 is 14.3 Å². The molecule has 2 rings (SSSR count). The van der Waals surface area contributed by atoms with Gasteiger partial charge in [-0.2, -0.15) is 5.26 Å². The molecular formula is C13H13NO3. The average Bonchev–Trinajstić information content (AvgIpc) is 2.77. The number of nitriles is 1. The summed E-state index contributed by atoms with van der Waals surface area (Å²) in [4.78, 5) is 11.9. The first-order chi connectivity index (χ1) is 8.13. The molecule has 0 spiro atoms. The number of hydrogen-bond donors (Lipinski definition) is 0. The van der Waals surface area contributed by atoms with E-state index in [9.17, 15) is 4.79 Å². The van der Waals surface area contributed by atoms with Crippen LogP contribution in [0, 0.1) is 17.2 Å². The number of hydrogen-bond acceptors (Lipinski definition) is 4. The number of fused-ring (bicyclic) bond motifs is 1. The predicted octanol–water partition coefficient (Wildman–Crippen LogP) is 2.25. The third-order valence-corrected chi connectivity index (χ3v) is 2.71. The molecule has 0 aliphatic carbocycles. The Labute approximate surface area is 99.8 Å². The molecule has 1 aliphatic heterocycles. The highest BCUT2D eigenvalue weighted by atomic mass is 16.7. The fourth-order valence-electron chi connectivity index (χ4n) is 1.73. The van der Waals surface area contributed by atoms with Gasteiger partial charge < -0.3 is 9.47 Å². The lowest BCUT2D eigenvalue weighted by atomic mass is 9.90. The van der Waals surface area contributed by atoms with E-state index in [0.29, 0.717) is 17.1 Å². The molecule has 0 bridgehead atoms. The Bertz CT molecular complexity index is 488. The van der Waals surface area contributed by atoms with Crippen molar-refractivity contribution in [3.63, 3.8) is 0 Å². The summed E-state index contributed by atoms with van der Waals surface area (Å²) in [7, 11) is 0. The van der Waals surface area contributed by atoms with E-state index in [0.717, 1.165) is 0 Å². The molecule has 88 valence electrons. The minimum Gasteiger partial charge on any atom is -0.454 e. The number of rotatable bonds is 3. The highest BCUT2D eigenvalue weighted by Crippen LogP contribution is 2.35. The van der Waals surface area contributed by atoms with Crippen molar-refractivity contribution in [2.24, 2.45) is 5.92 Å². The summed E-state index contributed by atoms with van der Waals surface area (Å²) in [6, 6.07) is 7.22. The van der Waals surface area contributed by atoms with Crippen LogP contribution in [0.1, 0.15) is 25.3 Å². The molecule has 0 radical (unpaired) electrons. The molecule has 0 N–H and O–H groups in total. The van der Waals surface area contributed by atoms with Gasteiger partial charge in [0.2, 0.25) is 6.79 Å². The molecule has 1 atom stereocenters. The van der Waals surface area contributed by atoms with Gasteiger partial charge in [0, 0.05) is 5.92 Å². The minimum atomic E-state index is -0.732. The fraction of sp³-hybridized carbons (Fsp3) is 0.385. The number of ketones is 1. The predicted molar refractivity (Wildman–Crippen MR) is 60.8 cm³/mol. The highest BCUT2D eigenvalue weighted by molar-refractivity contribution is 5.90. The monoisotopic (exact) mass is 231 g/mol. The van der Waals surface area contributed by atoms with Gasteiger partial charge in [-0.1, -0.05) is 19.9 Å². The summed E-state index contributed by atoms with van der Waals surface area (Å²) in [6.45, 7) is 3.77. The number of nitrogens with zero attached hydrogens (tertiary/aromatic N) is 1. The van der Waals surface area contributed by atoms with Crippen molar-refractivity contribution in [2.45, 2.75) is 19.8 Å². The number of ether oxygens (including phenoxy) is 2. The van der Waals surface area contributed by atoms with Crippen LogP contribution in [-0.4, -0.2) is 12.6 Å². The standard InChI is InChI=1S/C13H13NO3/c1-8(2)13(15)10(6-14)9-3-4-11-12(5-9)17-7-16-11/h3-5,8,10H,7H2,1-2H3. The first kappa shape index (κ1) is 11.5. The van der Waals surface area contributed by atoms with Gasteiger partial charge >= 0.3 is 0 Å². The van der Waals surface area contributed by atoms with Gasteiger partial charge in [0.15, 0.2) is 17.3 Å². The summed E-state index contributed by atoms with van der Waals surface area (Å²) >= 11 is 0. The van der Waals surface area contributed by atoms with Gasteiger partial charge in [-0.05, 0) is 17.7 Å². The third kappa shape index (κ3) is 2.09. The Hall–Kier alpha value is -2.02. The molecule has 0 aromatic heterocycles. The van der Waals surface area contributed by atoms with Crippen LogP contribution < -0.4 is 9.47 Å². The van der Waals surface area contributed by atoms with Gasteiger partial charge in [-0.3, -0.25) is 4.79 Å². The number of carbonyl (C=O) groups excluding carboxylic acids is 1. The van der Waals surface area contributed by atoms with Crippen LogP contribution in [0.5, 0.6) is 11.5 Å². The molecule has 4 heteroatoms. The lowest BCUT2D eigenvalue weighted by Crippen LogP contribution is -2.16. The topological polar surface area (TPSA) is 59.3 Å². The minimum absolute atomic E-state index is 0.0774. The maximum absolute atomic E-state index is 11.9. The molecule has 1 unspecified atom stereocenters. The molecular weight excluding hydrogens is 218 g/mol. The Morgan fingerprint density at radius 1 is 1.35 bits per heavy atom. The van der Waals surface area contributed by atoms with Crippen LogP contribution in [0.4, 0.5) is 0 Å². The summed E-state index contributed by atoms with van der Waals surface area (Å²) in [5.74, 6) is 0.280. The quantitative estimate of drug-likeness (QED) is 0.800. The van der Waals surface area contributed by atoms with E-state index in [1.807, 2.05) is 6.07 Å². The summed E-state index contributed by atoms with van der Waals surface area (Å²) < 4.78 is 10.4. The number of Topliss-reactive ketones (excluding diaryl/α,β-unsaturated/α-hetero) is 1. The van der Waals surface area contributed by atoms with E-state index >= 15 is 0 Å². The van der Waals surface area contributed by atoms with Crippen molar-refractivity contribution in [1.29, 1.82) is 5.26 Å². The average molecular weight is 231 g/mol. The van der Waals surface area contributed by atoms with Gasteiger partial charge in [0.1, 0.15) is 5.92 Å².